The molecular weight excluding hydrogens is 410 g/mol. The highest BCUT2D eigenvalue weighted by atomic mass is 35.5. The summed E-state index contributed by atoms with van der Waals surface area (Å²) in [5, 5.41) is 8.03. The third-order valence-corrected chi connectivity index (χ3v) is 5.28. The van der Waals surface area contributed by atoms with Crippen molar-refractivity contribution in [3.8, 4) is 0 Å². The van der Waals surface area contributed by atoms with Crippen molar-refractivity contribution in [3.63, 3.8) is 0 Å². The standard InChI is InChI=1S/C15H12Cl2F3N5S/c1-6(2)11-12(22-10-5-8(17)7(16)4-9(10)21-11)26-14-24-23-13(25(14)3)15(18,19)20/h4-6H,1-3H3. The van der Waals surface area contributed by atoms with E-state index in [9.17, 15) is 13.2 Å². The second kappa shape index (κ2) is 6.86. The van der Waals surface area contributed by atoms with Crippen molar-refractivity contribution in [3.05, 3.63) is 33.7 Å². The van der Waals surface area contributed by atoms with Gasteiger partial charge < -0.3 is 4.57 Å². The molecule has 0 aliphatic rings. The molecule has 11 heteroatoms. The van der Waals surface area contributed by atoms with E-state index in [2.05, 4.69) is 20.2 Å². The molecule has 2 heterocycles. The summed E-state index contributed by atoms with van der Waals surface area (Å²) in [4.78, 5) is 9.05. The molecule has 0 saturated heterocycles. The lowest BCUT2D eigenvalue weighted by Crippen LogP contribution is -2.13. The Labute approximate surface area is 160 Å². The summed E-state index contributed by atoms with van der Waals surface area (Å²) >= 11 is 13.0. The second-order valence-electron chi connectivity index (χ2n) is 5.79. The average molecular weight is 422 g/mol. The number of halogens is 5. The minimum Gasteiger partial charge on any atom is -0.301 e. The van der Waals surface area contributed by atoms with E-state index in [1.807, 2.05) is 13.8 Å². The summed E-state index contributed by atoms with van der Waals surface area (Å²) in [6.45, 7) is 3.82. The summed E-state index contributed by atoms with van der Waals surface area (Å²) in [6, 6.07) is 3.18. The Bertz CT molecular complexity index is 988. The van der Waals surface area contributed by atoms with Crippen LogP contribution in [0.2, 0.25) is 10.0 Å². The molecule has 0 amide bonds. The third-order valence-electron chi connectivity index (χ3n) is 3.52. The molecule has 2 aromatic heterocycles. The minimum atomic E-state index is -4.58. The van der Waals surface area contributed by atoms with Crippen LogP contribution >= 0.6 is 35.0 Å². The van der Waals surface area contributed by atoms with Gasteiger partial charge in [-0.15, -0.1) is 10.2 Å². The van der Waals surface area contributed by atoms with Crippen molar-refractivity contribution in [2.75, 3.05) is 0 Å². The van der Waals surface area contributed by atoms with E-state index < -0.39 is 12.0 Å². The number of fused-ring (bicyclic) bond motifs is 1. The second-order valence-corrected chi connectivity index (χ2v) is 7.56. The van der Waals surface area contributed by atoms with Gasteiger partial charge in [0.25, 0.3) is 0 Å². The van der Waals surface area contributed by atoms with Gasteiger partial charge in [0.15, 0.2) is 5.16 Å². The lowest BCUT2D eigenvalue weighted by molar-refractivity contribution is -0.147. The van der Waals surface area contributed by atoms with Gasteiger partial charge in [0.05, 0.1) is 26.8 Å². The normalized spacial score (nSPS) is 12.3. The first-order valence-corrected chi connectivity index (χ1v) is 8.96. The first-order chi connectivity index (χ1) is 12.1. The Hall–Kier alpha value is -1.58. The van der Waals surface area contributed by atoms with Crippen LogP contribution in [-0.4, -0.2) is 24.7 Å². The number of hydrogen-bond acceptors (Lipinski definition) is 5. The van der Waals surface area contributed by atoms with Crippen molar-refractivity contribution >= 4 is 46.0 Å². The SMILES string of the molecule is CC(C)c1nc2cc(Cl)c(Cl)cc2nc1Sc1nnc(C(F)(F)F)n1C. The van der Waals surface area contributed by atoms with Crippen LogP contribution in [0.5, 0.6) is 0 Å². The largest absolute Gasteiger partial charge is 0.451 e. The number of nitrogens with zero attached hydrogens (tertiary/aromatic N) is 5. The number of aromatic nitrogens is 5. The molecule has 0 spiro atoms. The molecule has 0 unspecified atom stereocenters. The smallest absolute Gasteiger partial charge is 0.301 e. The van der Waals surface area contributed by atoms with Gasteiger partial charge in [-0.05, 0) is 29.8 Å². The molecule has 3 aromatic rings. The third kappa shape index (κ3) is 3.60. The average Bonchev–Trinajstić information content (AvgIpc) is 2.89. The molecular formula is C15H12Cl2F3N5S. The van der Waals surface area contributed by atoms with Crippen LogP contribution in [0, 0.1) is 0 Å². The van der Waals surface area contributed by atoms with Gasteiger partial charge in [-0.25, -0.2) is 9.97 Å². The van der Waals surface area contributed by atoms with Crippen LogP contribution < -0.4 is 0 Å². The van der Waals surface area contributed by atoms with Crippen molar-refractivity contribution in [2.24, 2.45) is 7.05 Å². The lowest BCUT2D eigenvalue weighted by Gasteiger charge is -2.12. The van der Waals surface area contributed by atoms with E-state index in [4.69, 9.17) is 23.2 Å². The number of rotatable bonds is 3. The quantitative estimate of drug-likeness (QED) is 0.569. The predicted molar refractivity (Wildman–Crippen MR) is 93.8 cm³/mol. The number of benzene rings is 1. The highest BCUT2D eigenvalue weighted by molar-refractivity contribution is 7.99. The summed E-state index contributed by atoms with van der Waals surface area (Å²) in [6.07, 6.45) is -4.58. The number of hydrogen-bond donors (Lipinski definition) is 0. The molecule has 0 radical (unpaired) electrons. The predicted octanol–water partition coefficient (Wildman–Crippen LogP) is 5.36. The Kier molecular flexibility index (Phi) is 5.06. The molecule has 0 aliphatic heterocycles. The van der Waals surface area contributed by atoms with Crippen molar-refractivity contribution in [1.82, 2.24) is 24.7 Å². The van der Waals surface area contributed by atoms with Crippen molar-refractivity contribution < 1.29 is 13.2 Å². The van der Waals surface area contributed by atoms with E-state index in [1.165, 1.54) is 7.05 Å². The van der Waals surface area contributed by atoms with Crippen molar-refractivity contribution in [1.29, 1.82) is 0 Å². The fourth-order valence-electron chi connectivity index (χ4n) is 2.24. The molecule has 0 bridgehead atoms. The summed E-state index contributed by atoms with van der Waals surface area (Å²) in [5.74, 6) is -1.09. The lowest BCUT2D eigenvalue weighted by atomic mass is 10.1. The Morgan fingerprint density at radius 1 is 1.04 bits per heavy atom. The molecule has 0 aliphatic carbocycles. The van der Waals surface area contributed by atoms with Crippen LogP contribution in [0.25, 0.3) is 11.0 Å². The summed E-state index contributed by atoms with van der Waals surface area (Å²) < 4.78 is 39.6. The molecule has 0 atom stereocenters. The van der Waals surface area contributed by atoms with Crippen molar-refractivity contribution in [2.45, 2.75) is 36.1 Å². The van der Waals surface area contributed by atoms with E-state index >= 15 is 0 Å². The maximum absolute atomic E-state index is 12.9. The van der Waals surface area contributed by atoms with E-state index in [1.54, 1.807) is 12.1 Å². The van der Waals surface area contributed by atoms with Crippen LogP contribution in [0.1, 0.15) is 31.3 Å². The van der Waals surface area contributed by atoms with Gasteiger partial charge in [-0.1, -0.05) is 37.0 Å². The molecule has 0 N–H and O–H groups in total. The maximum atomic E-state index is 12.9. The van der Waals surface area contributed by atoms with Gasteiger partial charge in [0, 0.05) is 7.05 Å². The Morgan fingerprint density at radius 3 is 2.12 bits per heavy atom. The zero-order chi connectivity index (χ0) is 19.2. The van der Waals surface area contributed by atoms with Crippen LogP contribution in [0.15, 0.2) is 22.3 Å². The van der Waals surface area contributed by atoms with Gasteiger partial charge in [0.2, 0.25) is 5.82 Å². The van der Waals surface area contributed by atoms with E-state index in [-0.39, 0.29) is 11.1 Å². The summed E-state index contributed by atoms with van der Waals surface area (Å²) in [7, 11) is 1.26. The minimum absolute atomic E-state index is 0.0147. The van der Waals surface area contributed by atoms with Gasteiger partial charge in [0.1, 0.15) is 5.03 Å². The molecule has 0 fully saturated rings. The number of alkyl halides is 3. The fraction of sp³-hybridized carbons (Fsp3) is 0.333. The first-order valence-electron chi connectivity index (χ1n) is 7.39. The van der Waals surface area contributed by atoms with Crippen LogP contribution in [0.3, 0.4) is 0 Å². The Balaban J connectivity index is 2.11. The van der Waals surface area contributed by atoms with E-state index in [0.717, 1.165) is 16.3 Å². The van der Waals surface area contributed by atoms with Crippen LogP contribution in [0.4, 0.5) is 13.2 Å². The monoisotopic (exact) mass is 421 g/mol. The topological polar surface area (TPSA) is 56.5 Å². The zero-order valence-electron chi connectivity index (χ0n) is 13.8. The maximum Gasteiger partial charge on any atom is 0.451 e. The van der Waals surface area contributed by atoms with Gasteiger partial charge >= 0.3 is 6.18 Å². The van der Waals surface area contributed by atoms with E-state index in [0.29, 0.717) is 31.8 Å². The fourth-order valence-corrected chi connectivity index (χ4v) is 3.56. The highest BCUT2D eigenvalue weighted by Crippen LogP contribution is 2.36. The zero-order valence-corrected chi connectivity index (χ0v) is 16.1. The molecule has 3 rings (SSSR count). The highest BCUT2D eigenvalue weighted by Gasteiger charge is 2.37. The van der Waals surface area contributed by atoms with Crippen LogP contribution in [-0.2, 0) is 13.2 Å². The molecule has 138 valence electrons. The molecule has 1 aromatic carbocycles. The molecule has 0 saturated carbocycles. The molecule has 5 nitrogen and oxygen atoms in total. The first kappa shape index (κ1) is 19.2. The summed E-state index contributed by atoms with van der Waals surface area (Å²) in [5.41, 5.74) is 1.67. The Morgan fingerprint density at radius 2 is 1.62 bits per heavy atom. The van der Waals surface area contributed by atoms with Gasteiger partial charge in [-0.2, -0.15) is 13.2 Å². The molecule has 26 heavy (non-hydrogen) atoms. The van der Waals surface area contributed by atoms with Gasteiger partial charge in [-0.3, -0.25) is 0 Å².